The van der Waals surface area contributed by atoms with Crippen molar-refractivity contribution in [2.75, 3.05) is 23.3 Å². The van der Waals surface area contributed by atoms with Gasteiger partial charge in [-0.2, -0.15) is 0 Å². The molecule has 7 rings (SSSR count). The van der Waals surface area contributed by atoms with Gasteiger partial charge in [-0.25, -0.2) is 14.6 Å². The van der Waals surface area contributed by atoms with Crippen LogP contribution >= 0.6 is 0 Å². The highest BCUT2D eigenvalue weighted by atomic mass is 15.3. The Labute approximate surface area is 201 Å². The number of rotatable bonds is 5. The first-order valence-corrected chi connectivity index (χ1v) is 11.7. The highest BCUT2D eigenvalue weighted by Crippen LogP contribution is 2.33. The molecule has 172 valence electrons. The van der Waals surface area contributed by atoms with E-state index < -0.39 is 0 Å². The van der Waals surface area contributed by atoms with E-state index in [2.05, 4.69) is 60.8 Å². The van der Waals surface area contributed by atoms with Gasteiger partial charge in [0.25, 0.3) is 0 Å². The van der Waals surface area contributed by atoms with Gasteiger partial charge >= 0.3 is 0 Å². The molecule has 2 bridgehead atoms. The van der Waals surface area contributed by atoms with Crippen LogP contribution in [-0.2, 0) is 0 Å². The fraction of sp³-hybridized carbons (Fsp3) is 0.192. The zero-order chi connectivity index (χ0) is 23.2. The molecule has 35 heavy (non-hydrogen) atoms. The van der Waals surface area contributed by atoms with Crippen LogP contribution in [0.4, 0.5) is 17.5 Å². The van der Waals surface area contributed by atoms with Gasteiger partial charge in [0.2, 0.25) is 0 Å². The van der Waals surface area contributed by atoms with Crippen LogP contribution in [0.2, 0.25) is 0 Å². The highest BCUT2D eigenvalue weighted by Gasteiger charge is 2.38. The summed E-state index contributed by atoms with van der Waals surface area (Å²) in [5, 5.41) is 12.9. The Morgan fingerprint density at radius 1 is 0.914 bits per heavy atom. The average molecular weight is 462 g/mol. The minimum absolute atomic E-state index is 0.503. The average Bonchev–Trinajstić information content (AvgIpc) is 3.65. The van der Waals surface area contributed by atoms with Crippen LogP contribution in [0.15, 0.2) is 79.6 Å². The molecule has 2 N–H and O–H groups in total. The number of pyridine rings is 2. The Balaban J connectivity index is 1.35. The van der Waals surface area contributed by atoms with E-state index in [4.69, 9.17) is 10.1 Å². The molecule has 2 aliphatic rings. The maximum atomic E-state index is 4.97. The van der Waals surface area contributed by atoms with Crippen LogP contribution in [0.3, 0.4) is 0 Å². The number of nitrogens with one attached hydrogen (secondary N) is 2. The predicted octanol–water partition coefficient (Wildman–Crippen LogP) is 3.57. The maximum absolute atomic E-state index is 4.97. The summed E-state index contributed by atoms with van der Waals surface area (Å²) in [4.78, 5) is 19.9. The molecule has 0 unspecified atom stereocenters. The van der Waals surface area contributed by atoms with E-state index >= 15 is 0 Å². The van der Waals surface area contributed by atoms with E-state index in [0.717, 1.165) is 52.4 Å². The SMILES string of the molecule is c1cncc(-c2ccc3c(Nc4cnccn4)nn(-c4ccnc(N5C[C@@H]6C[C@H]5CN6)c4)c3c2)c1. The van der Waals surface area contributed by atoms with Gasteiger partial charge in [0.05, 0.1) is 17.4 Å². The zero-order valence-electron chi connectivity index (χ0n) is 18.9. The van der Waals surface area contributed by atoms with Crippen LogP contribution in [-0.4, -0.2) is 54.9 Å². The molecule has 2 atom stereocenters. The number of nitrogens with zero attached hydrogens (tertiary/aromatic N) is 7. The van der Waals surface area contributed by atoms with Gasteiger partial charge in [-0.15, -0.1) is 5.10 Å². The van der Waals surface area contributed by atoms with Crippen molar-refractivity contribution in [3.63, 3.8) is 0 Å². The fourth-order valence-corrected chi connectivity index (χ4v) is 5.14. The minimum Gasteiger partial charge on any atom is -0.351 e. The molecular formula is C26H23N9. The number of hydrogen-bond donors (Lipinski definition) is 2. The van der Waals surface area contributed by atoms with Crippen molar-refractivity contribution in [2.24, 2.45) is 0 Å². The Morgan fingerprint density at radius 3 is 2.69 bits per heavy atom. The van der Waals surface area contributed by atoms with Crippen LogP contribution in [0.5, 0.6) is 0 Å². The van der Waals surface area contributed by atoms with E-state index in [1.54, 1.807) is 24.8 Å². The van der Waals surface area contributed by atoms with Crippen molar-refractivity contribution in [3.8, 4) is 16.8 Å². The van der Waals surface area contributed by atoms with Gasteiger partial charge in [0, 0.05) is 73.2 Å². The summed E-state index contributed by atoms with van der Waals surface area (Å²) in [5.74, 6) is 2.36. The van der Waals surface area contributed by atoms with Crippen molar-refractivity contribution >= 4 is 28.4 Å². The number of fused-ring (bicyclic) bond motifs is 3. The Hall–Kier alpha value is -4.37. The number of hydrogen-bond acceptors (Lipinski definition) is 8. The van der Waals surface area contributed by atoms with Gasteiger partial charge in [0.15, 0.2) is 5.82 Å². The van der Waals surface area contributed by atoms with Gasteiger partial charge in [0.1, 0.15) is 11.6 Å². The minimum atomic E-state index is 0.503. The van der Waals surface area contributed by atoms with Crippen molar-refractivity contribution in [2.45, 2.75) is 18.5 Å². The summed E-state index contributed by atoms with van der Waals surface area (Å²) in [6.45, 7) is 2.01. The van der Waals surface area contributed by atoms with Crippen LogP contribution in [0.25, 0.3) is 27.7 Å². The summed E-state index contributed by atoms with van der Waals surface area (Å²) < 4.78 is 1.98. The van der Waals surface area contributed by atoms with Crippen LogP contribution < -0.4 is 15.5 Å². The first kappa shape index (κ1) is 20.0. The third-order valence-electron chi connectivity index (χ3n) is 6.81. The summed E-state index contributed by atoms with van der Waals surface area (Å²) in [6, 6.07) is 15.6. The van der Waals surface area contributed by atoms with Crippen molar-refractivity contribution in [3.05, 3.63) is 79.6 Å². The van der Waals surface area contributed by atoms with Crippen LogP contribution in [0, 0.1) is 0 Å². The monoisotopic (exact) mass is 461 g/mol. The van der Waals surface area contributed by atoms with Crippen molar-refractivity contribution in [1.82, 2.24) is 35.0 Å². The Morgan fingerprint density at radius 2 is 1.89 bits per heavy atom. The molecule has 2 aliphatic heterocycles. The van der Waals surface area contributed by atoms with E-state index in [1.807, 2.05) is 29.2 Å². The predicted molar refractivity (Wildman–Crippen MR) is 135 cm³/mol. The van der Waals surface area contributed by atoms with E-state index in [9.17, 15) is 0 Å². The summed E-state index contributed by atoms with van der Waals surface area (Å²) in [6.07, 6.45) is 11.7. The lowest BCUT2D eigenvalue weighted by Gasteiger charge is -2.28. The lowest BCUT2D eigenvalue weighted by atomic mass is 10.1. The number of benzene rings is 1. The van der Waals surface area contributed by atoms with Gasteiger partial charge in [-0.3, -0.25) is 9.97 Å². The molecule has 2 saturated heterocycles. The quantitative estimate of drug-likeness (QED) is 0.410. The van der Waals surface area contributed by atoms with Gasteiger partial charge in [-0.1, -0.05) is 12.1 Å². The van der Waals surface area contributed by atoms with E-state index in [0.29, 0.717) is 17.9 Å². The summed E-state index contributed by atoms with van der Waals surface area (Å²) in [5.41, 5.74) is 4.09. The summed E-state index contributed by atoms with van der Waals surface area (Å²) in [7, 11) is 0. The molecule has 5 aromatic rings. The largest absolute Gasteiger partial charge is 0.351 e. The molecule has 0 amide bonds. The lowest BCUT2D eigenvalue weighted by Crippen LogP contribution is -2.44. The molecule has 4 aromatic heterocycles. The molecule has 1 aromatic carbocycles. The molecule has 6 heterocycles. The maximum Gasteiger partial charge on any atom is 0.162 e. The van der Waals surface area contributed by atoms with Crippen molar-refractivity contribution in [1.29, 1.82) is 0 Å². The number of aromatic nitrogens is 6. The third kappa shape index (κ3) is 3.57. The van der Waals surface area contributed by atoms with Gasteiger partial charge < -0.3 is 15.5 Å². The number of piperazine rings is 1. The molecule has 9 heteroatoms. The third-order valence-corrected chi connectivity index (χ3v) is 6.81. The topological polar surface area (TPSA) is 96.7 Å². The second-order valence-corrected chi connectivity index (χ2v) is 8.97. The molecular weight excluding hydrogens is 438 g/mol. The van der Waals surface area contributed by atoms with Gasteiger partial charge in [-0.05, 0) is 36.2 Å². The van der Waals surface area contributed by atoms with E-state index in [-0.39, 0.29) is 0 Å². The lowest BCUT2D eigenvalue weighted by molar-refractivity contribution is 0.576. The zero-order valence-corrected chi connectivity index (χ0v) is 18.9. The molecule has 0 radical (unpaired) electrons. The fourth-order valence-electron chi connectivity index (χ4n) is 5.14. The number of anilines is 3. The molecule has 0 saturated carbocycles. The Bertz CT molecular complexity index is 1500. The summed E-state index contributed by atoms with van der Waals surface area (Å²) >= 11 is 0. The molecule has 2 fully saturated rings. The normalized spacial score (nSPS) is 18.9. The molecule has 9 nitrogen and oxygen atoms in total. The van der Waals surface area contributed by atoms with E-state index in [1.165, 1.54) is 6.42 Å². The van der Waals surface area contributed by atoms with Crippen molar-refractivity contribution < 1.29 is 0 Å². The first-order valence-electron chi connectivity index (χ1n) is 11.7. The molecule has 0 aliphatic carbocycles. The molecule has 0 spiro atoms. The Kier molecular flexibility index (Phi) is 4.66. The highest BCUT2D eigenvalue weighted by molar-refractivity contribution is 5.95. The first-order chi connectivity index (χ1) is 17.3. The standard InChI is InChI=1S/C26H23N9/c1-2-18(13-27-6-1)17-3-4-22-23(10-17)35(33-26(22)32-24-15-28-8-9-29-24)20-5-7-30-25(12-20)34-16-19-11-21(34)14-31-19/h1-10,12-13,15,19,21,31H,11,14,16H2,(H,29,32,33)/t19-,21-/m0/s1. The second kappa shape index (κ2) is 8.14. The smallest absolute Gasteiger partial charge is 0.162 e. The van der Waals surface area contributed by atoms with Crippen LogP contribution in [0.1, 0.15) is 6.42 Å². The second-order valence-electron chi connectivity index (χ2n) is 8.97.